The third-order valence-corrected chi connectivity index (χ3v) is 4.24. The van der Waals surface area contributed by atoms with E-state index in [2.05, 4.69) is 44.3 Å². The lowest BCUT2D eigenvalue weighted by Crippen LogP contribution is -2.41. The molecule has 2 heteroatoms. The Labute approximate surface area is 111 Å². The van der Waals surface area contributed by atoms with E-state index in [0.29, 0.717) is 18.1 Å². The lowest BCUT2D eigenvalue weighted by molar-refractivity contribution is 0.0634. The molecule has 1 aromatic rings. The van der Waals surface area contributed by atoms with Crippen LogP contribution >= 0.6 is 0 Å². The van der Waals surface area contributed by atoms with Crippen LogP contribution in [0.25, 0.3) is 0 Å². The molecule has 0 radical (unpaired) electrons. The van der Waals surface area contributed by atoms with Gasteiger partial charge >= 0.3 is 0 Å². The van der Waals surface area contributed by atoms with Gasteiger partial charge in [-0.25, -0.2) is 0 Å². The predicted molar refractivity (Wildman–Crippen MR) is 76.0 cm³/mol. The van der Waals surface area contributed by atoms with Crippen LogP contribution < -0.4 is 5.32 Å². The van der Waals surface area contributed by atoms with Crippen molar-refractivity contribution in [2.75, 3.05) is 13.7 Å². The molecule has 3 unspecified atom stereocenters. The molecule has 3 atom stereocenters. The molecule has 1 aromatic carbocycles. The fraction of sp³-hybridized carbons (Fsp3) is 0.625. The Balaban J connectivity index is 2.07. The highest BCUT2D eigenvalue weighted by molar-refractivity contribution is 5.30. The molecule has 1 heterocycles. The van der Waals surface area contributed by atoms with Crippen LogP contribution in [0.4, 0.5) is 0 Å². The SMILES string of the molecule is CNC(Cc1ccc(C)c(C)c1)C1OCCC1C. The van der Waals surface area contributed by atoms with Crippen molar-refractivity contribution in [1.82, 2.24) is 5.32 Å². The van der Waals surface area contributed by atoms with Crippen LogP contribution in [0.15, 0.2) is 18.2 Å². The van der Waals surface area contributed by atoms with Crippen molar-refractivity contribution in [1.29, 1.82) is 0 Å². The Morgan fingerprint density at radius 1 is 1.33 bits per heavy atom. The zero-order valence-corrected chi connectivity index (χ0v) is 12.0. The van der Waals surface area contributed by atoms with Gasteiger partial charge in [0.25, 0.3) is 0 Å². The molecule has 0 amide bonds. The van der Waals surface area contributed by atoms with Crippen molar-refractivity contribution in [3.8, 4) is 0 Å². The smallest absolute Gasteiger partial charge is 0.0757 e. The monoisotopic (exact) mass is 247 g/mol. The second-order valence-electron chi connectivity index (χ2n) is 5.62. The number of hydrogen-bond donors (Lipinski definition) is 1. The molecule has 0 aromatic heterocycles. The summed E-state index contributed by atoms with van der Waals surface area (Å²) in [4.78, 5) is 0. The van der Waals surface area contributed by atoms with Crippen molar-refractivity contribution >= 4 is 0 Å². The molecule has 18 heavy (non-hydrogen) atoms. The van der Waals surface area contributed by atoms with E-state index in [-0.39, 0.29) is 0 Å². The van der Waals surface area contributed by atoms with Crippen molar-refractivity contribution in [3.05, 3.63) is 34.9 Å². The fourth-order valence-corrected chi connectivity index (χ4v) is 2.80. The Hall–Kier alpha value is -0.860. The van der Waals surface area contributed by atoms with Gasteiger partial charge in [-0.15, -0.1) is 0 Å². The largest absolute Gasteiger partial charge is 0.376 e. The third-order valence-electron chi connectivity index (χ3n) is 4.24. The summed E-state index contributed by atoms with van der Waals surface area (Å²) in [7, 11) is 2.04. The summed E-state index contributed by atoms with van der Waals surface area (Å²) in [5, 5.41) is 3.43. The van der Waals surface area contributed by atoms with E-state index < -0.39 is 0 Å². The Morgan fingerprint density at radius 2 is 2.11 bits per heavy atom. The first kappa shape index (κ1) is 13.6. The quantitative estimate of drug-likeness (QED) is 0.883. The molecule has 0 bridgehead atoms. The van der Waals surface area contributed by atoms with Gasteiger partial charge < -0.3 is 10.1 Å². The zero-order chi connectivity index (χ0) is 13.1. The lowest BCUT2D eigenvalue weighted by Gasteiger charge is -2.26. The van der Waals surface area contributed by atoms with E-state index >= 15 is 0 Å². The van der Waals surface area contributed by atoms with E-state index in [1.807, 2.05) is 7.05 Å². The molecule has 1 N–H and O–H groups in total. The van der Waals surface area contributed by atoms with E-state index in [1.54, 1.807) is 0 Å². The molecule has 1 saturated heterocycles. The Bertz CT molecular complexity index is 402. The summed E-state index contributed by atoms with van der Waals surface area (Å²) in [5.74, 6) is 0.661. The van der Waals surface area contributed by atoms with Gasteiger partial charge in [-0.1, -0.05) is 25.1 Å². The van der Waals surface area contributed by atoms with Gasteiger partial charge in [-0.3, -0.25) is 0 Å². The molecule has 1 fully saturated rings. The summed E-state index contributed by atoms with van der Waals surface area (Å²) in [6.45, 7) is 7.55. The third kappa shape index (κ3) is 2.93. The topological polar surface area (TPSA) is 21.3 Å². The van der Waals surface area contributed by atoms with E-state index in [1.165, 1.54) is 23.1 Å². The molecule has 100 valence electrons. The maximum absolute atomic E-state index is 5.88. The highest BCUT2D eigenvalue weighted by atomic mass is 16.5. The molecule has 1 aliphatic heterocycles. The summed E-state index contributed by atoms with van der Waals surface area (Å²) in [6.07, 6.45) is 2.60. The van der Waals surface area contributed by atoms with Gasteiger partial charge in [0.2, 0.25) is 0 Å². The summed E-state index contributed by atoms with van der Waals surface area (Å²) in [6, 6.07) is 7.19. The number of hydrogen-bond acceptors (Lipinski definition) is 2. The van der Waals surface area contributed by atoms with Crippen molar-refractivity contribution in [3.63, 3.8) is 0 Å². The minimum Gasteiger partial charge on any atom is -0.376 e. The number of rotatable bonds is 4. The lowest BCUT2D eigenvalue weighted by atomic mass is 9.92. The Morgan fingerprint density at radius 3 is 2.67 bits per heavy atom. The standard InChI is InChI=1S/C16H25NO/c1-11-5-6-14(9-13(11)3)10-15(17-4)16-12(2)7-8-18-16/h5-6,9,12,15-17H,7-8,10H2,1-4H3. The van der Waals surface area contributed by atoms with Crippen LogP contribution in [-0.2, 0) is 11.2 Å². The van der Waals surface area contributed by atoms with E-state index in [4.69, 9.17) is 4.74 Å². The van der Waals surface area contributed by atoms with Crippen LogP contribution in [0.2, 0.25) is 0 Å². The van der Waals surface area contributed by atoms with Gasteiger partial charge in [0.05, 0.1) is 6.10 Å². The second-order valence-corrected chi connectivity index (χ2v) is 5.62. The molecule has 0 spiro atoms. The van der Waals surface area contributed by atoms with Gasteiger partial charge in [0, 0.05) is 12.6 Å². The summed E-state index contributed by atoms with van der Waals surface area (Å²) < 4.78 is 5.88. The summed E-state index contributed by atoms with van der Waals surface area (Å²) >= 11 is 0. The van der Waals surface area contributed by atoms with Gasteiger partial charge in [0.15, 0.2) is 0 Å². The number of ether oxygens (including phenoxy) is 1. The predicted octanol–water partition coefficient (Wildman–Crippen LogP) is 2.86. The highest BCUT2D eigenvalue weighted by Gasteiger charge is 2.31. The molecule has 0 aliphatic carbocycles. The molecular weight excluding hydrogens is 222 g/mol. The van der Waals surface area contributed by atoms with Crippen LogP contribution in [0.3, 0.4) is 0 Å². The maximum Gasteiger partial charge on any atom is 0.0757 e. The second kappa shape index (κ2) is 5.85. The van der Waals surface area contributed by atoms with Crippen LogP contribution in [-0.4, -0.2) is 25.8 Å². The number of nitrogens with one attached hydrogen (secondary N) is 1. The Kier molecular flexibility index (Phi) is 4.41. The average Bonchev–Trinajstić information content (AvgIpc) is 2.77. The van der Waals surface area contributed by atoms with E-state index in [9.17, 15) is 0 Å². The van der Waals surface area contributed by atoms with Crippen molar-refractivity contribution in [2.24, 2.45) is 5.92 Å². The molecule has 2 nitrogen and oxygen atoms in total. The van der Waals surface area contributed by atoms with Crippen LogP contribution in [0.5, 0.6) is 0 Å². The van der Waals surface area contributed by atoms with Gasteiger partial charge in [-0.05, 0) is 56.3 Å². The number of likely N-dealkylation sites (N-methyl/N-ethyl adjacent to an activating group) is 1. The molecule has 0 saturated carbocycles. The first-order valence-corrected chi connectivity index (χ1v) is 6.97. The van der Waals surface area contributed by atoms with Crippen LogP contribution in [0.1, 0.15) is 30.0 Å². The van der Waals surface area contributed by atoms with Crippen molar-refractivity contribution in [2.45, 2.75) is 45.8 Å². The molecular formula is C16H25NO. The number of aryl methyl sites for hydroxylation is 2. The van der Waals surface area contributed by atoms with Gasteiger partial charge in [-0.2, -0.15) is 0 Å². The van der Waals surface area contributed by atoms with Gasteiger partial charge in [0.1, 0.15) is 0 Å². The first-order valence-electron chi connectivity index (χ1n) is 6.97. The average molecular weight is 247 g/mol. The first-order chi connectivity index (χ1) is 8.61. The molecule has 2 rings (SSSR count). The van der Waals surface area contributed by atoms with Crippen LogP contribution in [0, 0.1) is 19.8 Å². The van der Waals surface area contributed by atoms with E-state index in [0.717, 1.165) is 13.0 Å². The fourth-order valence-electron chi connectivity index (χ4n) is 2.80. The minimum absolute atomic E-state index is 0.358. The molecule has 1 aliphatic rings. The number of benzene rings is 1. The minimum atomic E-state index is 0.358. The van der Waals surface area contributed by atoms with Crippen molar-refractivity contribution < 1.29 is 4.74 Å². The normalized spacial score (nSPS) is 25.3. The summed E-state index contributed by atoms with van der Waals surface area (Å²) in [5.41, 5.74) is 4.15. The maximum atomic E-state index is 5.88. The zero-order valence-electron chi connectivity index (χ0n) is 12.0. The highest BCUT2D eigenvalue weighted by Crippen LogP contribution is 2.25.